The molecule has 0 bridgehead atoms. The third-order valence-corrected chi connectivity index (χ3v) is 4.14. The van der Waals surface area contributed by atoms with Gasteiger partial charge in [0.1, 0.15) is 5.01 Å². The Kier molecular flexibility index (Phi) is 2.85. The molecule has 0 amide bonds. The number of hydrogen-bond acceptors (Lipinski definition) is 4. The average Bonchev–Trinajstić information content (AvgIpc) is 2.96. The molecule has 2 N–H and O–H groups in total. The Morgan fingerprint density at radius 2 is 2.22 bits per heavy atom. The van der Waals surface area contributed by atoms with E-state index in [1.54, 1.807) is 17.7 Å². The number of thiazole rings is 1. The van der Waals surface area contributed by atoms with Crippen LogP contribution in [0.25, 0.3) is 10.2 Å². The van der Waals surface area contributed by atoms with Gasteiger partial charge in [0.2, 0.25) is 0 Å². The van der Waals surface area contributed by atoms with Gasteiger partial charge in [0.05, 0.1) is 22.6 Å². The van der Waals surface area contributed by atoms with E-state index >= 15 is 0 Å². The number of aromatic nitrogens is 3. The van der Waals surface area contributed by atoms with Crippen molar-refractivity contribution in [3.05, 3.63) is 47.5 Å². The third kappa shape index (κ3) is 2.02. The van der Waals surface area contributed by atoms with E-state index in [4.69, 9.17) is 5.73 Å². The van der Waals surface area contributed by atoms with Gasteiger partial charge in [-0.2, -0.15) is 0 Å². The molecular weight excluding hydrogens is 244 g/mol. The highest BCUT2D eigenvalue weighted by molar-refractivity contribution is 7.18. The molecule has 5 heteroatoms. The summed E-state index contributed by atoms with van der Waals surface area (Å²) >= 11 is 1.67. The van der Waals surface area contributed by atoms with Crippen molar-refractivity contribution in [3.8, 4) is 0 Å². The van der Waals surface area contributed by atoms with Crippen LogP contribution in [0.15, 0.2) is 36.8 Å². The summed E-state index contributed by atoms with van der Waals surface area (Å²) in [6.45, 7) is 0. The molecule has 4 nitrogen and oxygen atoms in total. The van der Waals surface area contributed by atoms with Crippen LogP contribution in [0, 0.1) is 0 Å². The summed E-state index contributed by atoms with van der Waals surface area (Å²) in [5.74, 6) is 0. The van der Waals surface area contributed by atoms with Crippen LogP contribution in [0.5, 0.6) is 0 Å². The molecule has 1 atom stereocenters. The first kappa shape index (κ1) is 11.4. The van der Waals surface area contributed by atoms with Crippen LogP contribution < -0.4 is 5.73 Å². The van der Waals surface area contributed by atoms with Crippen LogP contribution in [0.3, 0.4) is 0 Å². The second-order valence-corrected chi connectivity index (χ2v) is 5.39. The van der Waals surface area contributed by atoms with E-state index in [1.165, 1.54) is 4.70 Å². The molecule has 2 aromatic heterocycles. The number of fused-ring (bicyclic) bond motifs is 1. The molecule has 0 spiro atoms. The molecular formula is C13H14N4S. The van der Waals surface area contributed by atoms with Gasteiger partial charge in [-0.15, -0.1) is 11.3 Å². The number of aryl methyl sites for hydroxylation is 1. The molecule has 0 aliphatic heterocycles. The molecule has 18 heavy (non-hydrogen) atoms. The largest absolute Gasteiger partial charge is 0.338 e. The van der Waals surface area contributed by atoms with Gasteiger partial charge in [0.25, 0.3) is 0 Å². The standard InChI is InChI=1S/C13H14N4S/c1-17-8-15-7-9(17)6-10(14)13-16-11-4-2-3-5-12(11)18-13/h2-5,7-8,10H,6,14H2,1H3. The average molecular weight is 258 g/mol. The number of para-hydroxylation sites is 1. The van der Waals surface area contributed by atoms with E-state index in [-0.39, 0.29) is 6.04 Å². The highest BCUT2D eigenvalue weighted by Crippen LogP contribution is 2.26. The van der Waals surface area contributed by atoms with Gasteiger partial charge < -0.3 is 10.3 Å². The Bertz CT molecular complexity index is 637. The third-order valence-electron chi connectivity index (χ3n) is 2.97. The zero-order valence-electron chi connectivity index (χ0n) is 10.1. The first-order valence-electron chi connectivity index (χ1n) is 5.80. The normalized spacial score (nSPS) is 13.0. The van der Waals surface area contributed by atoms with Crippen LogP contribution in [0.4, 0.5) is 0 Å². The fraction of sp³-hybridized carbons (Fsp3) is 0.231. The number of nitrogens with zero attached hydrogens (tertiary/aromatic N) is 3. The predicted molar refractivity (Wildman–Crippen MR) is 73.5 cm³/mol. The highest BCUT2D eigenvalue weighted by atomic mass is 32.1. The summed E-state index contributed by atoms with van der Waals surface area (Å²) in [6, 6.07) is 8.05. The summed E-state index contributed by atoms with van der Waals surface area (Å²) in [4.78, 5) is 8.69. The zero-order valence-corrected chi connectivity index (χ0v) is 10.9. The van der Waals surface area contributed by atoms with Crippen LogP contribution in [0.1, 0.15) is 16.7 Å². The van der Waals surface area contributed by atoms with Gasteiger partial charge in [-0.05, 0) is 12.1 Å². The van der Waals surface area contributed by atoms with Gasteiger partial charge in [-0.25, -0.2) is 9.97 Å². The summed E-state index contributed by atoms with van der Waals surface area (Å²) in [5, 5.41) is 0.984. The molecule has 1 aromatic carbocycles. The number of nitrogens with two attached hydrogens (primary N) is 1. The minimum absolute atomic E-state index is 0.0715. The SMILES string of the molecule is Cn1cncc1CC(N)c1nc2ccccc2s1. The number of rotatable bonds is 3. The maximum atomic E-state index is 6.23. The van der Waals surface area contributed by atoms with Gasteiger partial charge in [-0.3, -0.25) is 0 Å². The highest BCUT2D eigenvalue weighted by Gasteiger charge is 2.14. The van der Waals surface area contributed by atoms with Crippen LogP contribution in [0.2, 0.25) is 0 Å². The lowest BCUT2D eigenvalue weighted by Gasteiger charge is -2.08. The van der Waals surface area contributed by atoms with E-state index < -0.39 is 0 Å². The second kappa shape index (κ2) is 4.51. The van der Waals surface area contributed by atoms with Crippen molar-refractivity contribution in [2.24, 2.45) is 12.8 Å². The lowest BCUT2D eigenvalue weighted by Crippen LogP contribution is -2.14. The maximum absolute atomic E-state index is 6.23. The van der Waals surface area contributed by atoms with Crippen molar-refractivity contribution in [1.82, 2.24) is 14.5 Å². The van der Waals surface area contributed by atoms with Gasteiger partial charge in [0, 0.05) is 25.4 Å². The lowest BCUT2D eigenvalue weighted by molar-refractivity contribution is 0.674. The van der Waals surface area contributed by atoms with Crippen molar-refractivity contribution in [3.63, 3.8) is 0 Å². The molecule has 0 saturated carbocycles. The smallest absolute Gasteiger partial charge is 0.111 e. The fourth-order valence-corrected chi connectivity index (χ4v) is 2.91. The molecule has 1 unspecified atom stereocenters. The van der Waals surface area contributed by atoms with Crippen molar-refractivity contribution >= 4 is 21.6 Å². The van der Waals surface area contributed by atoms with Gasteiger partial charge in [0.15, 0.2) is 0 Å². The summed E-state index contributed by atoms with van der Waals surface area (Å²) in [7, 11) is 1.98. The minimum atomic E-state index is -0.0715. The number of hydrogen-bond donors (Lipinski definition) is 1. The van der Waals surface area contributed by atoms with Crippen molar-refractivity contribution in [2.75, 3.05) is 0 Å². The summed E-state index contributed by atoms with van der Waals surface area (Å²) in [6.07, 6.45) is 4.41. The van der Waals surface area contributed by atoms with Crippen molar-refractivity contribution in [2.45, 2.75) is 12.5 Å². The molecule has 3 rings (SSSR count). The molecule has 0 aliphatic carbocycles. The molecule has 0 aliphatic rings. The predicted octanol–water partition coefficient (Wildman–Crippen LogP) is 2.27. The Balaban J connectivity index is 1.88. The van der Waals surface area contributed by atoms with Crippen LogP contribution in [-0.4, -0.2) is 14.5 Å². The zero-order chi connectivity index (χ0) is 12.5. The van der Waals surface area contributed by atoms with Crippen LogP contribution in [-0.2, 0) is 13.5 Å². The second-order valence-electron chi connectivity index (χ2n) is 4.33. The summed E-state index contributed by atoms with van der Waals surface area (Å²) in [5.41, 5.74) is 8.38. The summed E-state index contributed by atoms with van der Waals surface area (Å²) < 4.78 is 3.18. The number of benzene rings is 1. The van der Waals surface area contributed by atoms with Crippen molar-refractivity contribution in [1.29, 1.82) is 0 Å². The molecule has 2 heterocycles. The fourth-order valence-electron chi connectivity index (χ4n) is 1.94. The molecule has 0 radical (unpaired) electrons. The lowest BCUT2D eigenvalue weighted by atomic mass is 10.2. The molecule has 0 saturated heterocycles. The van der Waals surface area contributed by atoms with E-state index in [1.807, 2.05) is 36.0 Å². The quantitative estimate of drug-likeness (QED) is 0.784. The number of imidazole rings is 1. The van der Waals surface area contributed by atoms with Crippen LogP contribution >= 0.6 is 11.3 Å². The Hall–Kier alpha value is -1.72. The topological polar surface area (TPSA) is 56.7 Å². The Labute approximate surface area is 109 Å². The first-order chi connectivity index (χ1) is 8.74. The Morgan fingerprint density at radius 1 is 1.39 bits per heavy atom. The molecule has 3 aromatic rings. The van der Waals surface area contributed by atoms with E-state index in [0.29, 0.717) is 0 Å². The monoisotopic (exact) mass is 258 g/mol. The first-order valence-corrected chi connectivity index (χ1v) is 6.62. The maximum Gasteiger partial charge on any atom is 0.111 e. The van der Waals surface area contributed by atoms with E-state index in [9.17, 15) is 0 Å². The molecule has 0 fully saturated rings. The van der Waals surface area contributed by atoms with Gasteiger partial charge >= 0.3 is 0 Å². The van der Waals surface area contributed by atoms with Crippen molar-refractivity contribution < 1.29 is 0 Å². The molecule has 92 valence electrons. The van der Waals surface area contributed by atoms with E-state index in [0.717, 1.165) is 22.6 Å². The minimum Gasteiger partial charge on any atom is -0.338 e. The van der Waals surface area contributed by atoms with E-state index in [2.05, 4.69) is 16.0 Å². The Morgan fingerprint density at radius 3 is 2.94 bits per heavy atom. The van der Waals surface area contributed by atoms with Gasteiger partial charge in [-0.1, -0.05) is 12.1 Å².